The number of fused-ring (bicyclic) bond motifs is 3. The van der Waals surface area contributed by atoms with Gasteiger partial charge in [-0.15, -0.1) is 0 Å². The summed E-state index contributed by atoms with van der Waals surface area (Å²) in [5.74, 6) is -0.528. The number of hydrogen-bond donors (Lipinski definition) is 2. The highest BCUT2D eigenvalue weighted by molar-refractivity contribution is 7.81. The lowest BCUT2D eigenvalue weighted by atomic mass is 10.0. The number of H-pyrrole nitrogens is 1. The summed E-state index contributed by atoms with van der Waals surface area (Å²) in [6, 6.07) is 5.27. The normalized spacial score (nSPS) is 26.2. The fraction of sp³-hybridized carbons (Fsp3) is 0.471. The van der Waals surface area contributed by atoms with Crippen molar-refractivity contribution in [1.82, 2.24) is 9.88 Å². The lowest BCUT2D eigenvalue weighted by molar-refractivity contribution is -0.000262. The summed E-state index contributed by atoms with van der Waals surface area (Å²) < 4.78 is 40.8. The molecule has 0 saturated carbocycles. The van der Waals surface area contributed by atoms with E-state index in [0.29, 0.717) is 28.6 Å². The van der Waals surface area contributed by atoms with Crippen LogP contribution in [0.2, 0.25) is 0 Å². The average molecular weight is 380 g/mol. The third kappa shape index (κ3) is 3.29. The van der Waals surface area contributed by atoms with Crippen molar-refractivity contribution in [3.05, 3.63) is 30.0 Å². The molecule has 1 aromatic carbocycles. The van der Waals surface area contributed by atoms with E-state index in [-0.39, 0.29) is 11.9 Å². The Kier molecular flexibility index (Phi) is 4.17. The number of hydrogen-bond acceptors (Lipinski definition) is 6. The number of carbonyl (C=O) groups is 1. The number of nitrogens with zero attached hydrogens (tertiary/aromatic N) is 1. The van der Waals surface area contributed by atoms with Gasteiger partial charge >= 0.3 is 16.4 Å². The first kappa shape index (κ1) is 17.3. The molecule has 2 aromatic rings. The molecule has 140 valence electrons. The molecule has 2 aliphatic rings. The van der Waals surface area contributed by atoms with Gasteiger partial charge < -0.3 is 18.8 Å². The van der Waals surface area contributed by atoms with Crippen LogP contribution in [0.5, 0.6) is 5.75 Å². The molecule has 2 aliphatic heterocycles. The predicted octanol–water partition coefficient (Wildman–Crippen LogP) is 2.13. The van der Waals surface area contributed by atoms with E-state index in [4.69, 9.17) is 9.29 Å². The molecule has 2 saturated heterocycles. The average Bonchev–Trinajstić information content (AvgIpc) is 3.03. The summed E-state index contributed by atoms with van der Waals surface area (Å²) in [6.45, 7) is 0. The fourth-order valence-electron chi connectivity index (χ4n) is 4.11. The van der Waals surface area contributed by atoms with Crippen molar-refractivity contribution < 1.29 is 26.7 Å². The van der Waals surface area contributed by atoms with Gasteiger partial charge in [0.15, 0.2) is 0 Å². The van der Waals surface area contributed by atoms with Crippen LogP contribution in [0, 0.1) is 0 Å². The number of aromatic nitrogens is 1. The minimum absolute atomic E-state index is 0.0778. The molecule has 1 unspecified atom stereocenters. The monoisotopic (exact) mass is 380 g/mol. The van der Waals surface area contributed by atoms with Crippen molar-refractivity contribution in [3.8, 4) is 5.75 Å². The summed E-state index contributed by atoms with van der Waals surface area (Å²) in [6.07, 6.45) is 5.36. The molecule has 3 atom stereocenters. The minimum Gasteiger partial charge on any atom is -0.459 e. The Morgan fingerprint density at radius 1 is 1.27 bits per heavy atom. The van der Waals surface area contributed by atoms with Gasteiger partial charge in [0, 0.05) is 42.0 Å². The van der Waals surface area contributed by atoms with Gasteiger partial charge in [-0.25, -0.2) is 4.79 Å². The van der Waals surface area contributed by atoms with Gasteiger partial charge in [0.05, 0.1) is 5.56 Å². The number of esters is 1. The minimum atomic E-state index is -4.63. The van der Waals surface area contributed by atoms with Gasteiger partial charge in [0.25, 0.3) is 0 Å². The SMILES string of the molecule is CN1[C@@H]2CC[C@H]1CC(OC(=O)c1c[nH]c3ccc(OS(=O)(=O)O)cc13)C2. The molecule has 0 amide bonds. The van der Waals surface area contributed by atoms with Crippen LogP contribution in [-0.4, -0.2) is 54.1 Å². The van der Waals surface area contributed by atoms with E-state index in [0.717, 1.165) is 25.7 Å². The zero-order chi connectivity index (χ0) is 18.5. The molecular formula is C17H20N2O6S. The summed E-state index contributed by atoms with van der Waals surface area (Å²) in [5.41, 5.74) is 0.954. The van der Waals surface area contributed by atoms with Gasteiger partial charge in [0.1, 0.15) is 11.9 Å². The van der Waals surface area contributed by atoms with Crippen LogP contribution in [0.4, 0.5) is 0 Å². The second-order valence-corrected chi connectivity index (χ2v) is 7.99. The number of aromatic amines is 1. The van der Waals surface area contributed by atoms with Crippen LogP contribution >= 0.6 is 0 Å². The Morgan fingerprint density at radius 3 is 2.62 bits per heavy atom. The van der Waals surface area contributed by atoms with Crippen LogP contribution in [0.1, 0.15) is 36.0 Å². The molecule has 0 radical (unpaired) electrons. The zero-order valence-electron chi connectivity index (χ0n) is 14.2. The van der Waals surface area contributed by atoms with Crippen molar-refractivity contribution in [1.29, 1.82) is 0 Å². The fourth-order valence-corrected chi connectivity index (χ4v) is 4.46. The molecule has 9 heteroatoms. The second kappa shape index (κ2) is 6.26. The summed E-state index contributed by atoms with van der Waals surface area (Å²) >= 11 is 0. The molecule has 8 nitrogen and oxygen atoms in total. The molecule has 4 rings (SSSR count). The molecule has 26 heavy (non-hydrogen) atoms. The summed E-state index contributed by atoms with van der Waals surface area (Å²) in [4.78, 5) is 18.0. The van der Waals surface area contributed by atoms with Gasteiger partial charge in [-0.1, -0.05) is 0 Å². The summed E-state index contributed by atoms with van der Waals surface area (Å²) in [5, 5.41) is 0.479. The van der Waals surface area contributed by atoms with Crippen LogP contribution in [-0.2, 0) is 15.1 Å². The van der Waals surface area contributed by atoms with E-state index < -0.39 is 16.4 Å². The highest BCUT2D eigenvalue weighted by Crippen LogP contribution is 2.36. The number of nitrogens with one attached hydrogen (secondary N) is 1. The van der Waals surface area contributed by atoms with E-state index in [9.17, 15) is 13.2 Å². The first-order valence-electron chi connectivity index (χ1n) is 8.51. The maximum absolute atomic E-state index is 12.6. The number of ether oxygens (including phenoxy) is 1. The highest BCUT2D eigenvalue weighted by Gasteiger charge is 2.40. The molecule has 1 aromatic heterocycles. The zero-order valence-corrected chi connectivity index (χ0v) is 15.0. The van der Waals surface area contributed by atoms with E-state index >= 15 is 0 Å². The van der Waals surface area contributed by atoms with Crippen molar-refractivity contribution in [2.45, 2.75) is 43.9 Å². The quantitative estimate of drug-likeness (QED) is 0.618. The summed E-state index contributed by atoms with van der Waals surface area (Å²) in [7, 11) is -2.50. The molecule has 2 N–H and O–H groups in total. The van der Waals surface area contributed by atoms with Crippen LogP contribution in [0.3, 0.4) is 0 Å². The Hall–Kier alpha value is -2.10. The smallest absolute Gasteiger partial charge is 0.446 e. The van der Waals surface area contributed by atoms with Crippen LogP contribution < -0.4 is 4.18 Å². The Balaban J connectivity index is 1.54. The Labute approximate surface area is 151 Å². The molecule has 2 bridgehead atoms. The highest BCUT2D eigenvalue weighted by atomic mass is 32.3. The molecule has 2 fully saturated rings. The number of carbonyl (C=O) groups excluding carboxylic acids is 1. The molecule has 3 heterocycles. The van der Waals surface area contributed by atoms with Gasteiger partial charge in [-0.3, -0.25) is 4.55 Å². The van der Waals surface area contributed by atoms with E-state index in [1.807, 2.05) is 0 Å². The van der Waals surface area contributed by atoms with Gasteiger partial charge in [-0.2, -0.15) is 8.42 Å². The molecular weight excluding hydrogens is 360 g/mol. The van der Waals surface area contributed by atoms with Crippen molar-refractivity contribution in [2.75, 3.05) is 7.05 Å². The maximum atomic E-state index is 12.6. The second-order valence-electron chi connectivity index (χ2n) is 6.97. The predicted molar refractivity (Wildman–Crippen MR) is 93.5 cm³/mol. The third-order valence-electron chi connectivity index (χ3n) is 5.40. The van der Waals surface area contributed by atoms with Crippen molar-refractivity contribution >= 4 is 27.3 Å². The van der Waals surface area contributed by atoms with Crippen LogP contribution in [0.25, 0.3) is 10.9 Å². The molecule has 0 aliphatic carbocycles. The lowest BCUT2D eigenvalue weighted by Gasteiger charge is -2.35. The van der Waals surface area contributed by atoms with Gasteiger partial charge in [-0.05, 0) is 38.1 Å². The Bertz CT molecular complexity index is 939. The topological polar surface area (TPSA) is 109 Å². The lowest BCUT2D eigenvalue weighted by Crippen LogP contribution is -2.43. The van der Waals surface area contributed by atoms with E-state index in [1.54, 1.807) is 6.07 Å². The van der Waals surface area contributed by atoms with E-state index in [1.165, 1.54) is 18.3 Å². The van der Waals surface area contributed by atoms with Crippen molar-refractivity contribution in [2.24, 2.45) is 0 Å². The number of piperidine rings is 1. The van der Waals surface area contributed by atoms with Crippen molar-refractivity contribution in [3.63, 3.8) is 0 Å². The Morgan fingerprint density at radius 2 is 1.96 bits per heavy atom. The van der Waals surface area contributed by atoms with Crippen LogP contribution in [0.15, 0.2) is 24.4 Å². The first-order chi connectivity index (χ1) is 12.3. The van der Waals surface area contributed by atoms with E-state index in [2.05, 4.69) is 21.1 Å². The maximum Gasteiger partial charge on any atom is 0.446 e. The number of benzene rings is 1. The largest absolute Gasteiger partial charge is 0.459 e. The standard InChI is InChI=1S/C17H20N2O6S/c1-19-10-2-3-11(19)7-13(6-10)24-17(20)15-9-18-16-5-4-12(8-14(15)16)25-26(21,22)23/h4-5,8-11,13,18H,2-3,6-7H2,1H3,(H,21,22,23)/t10-,11+,13?. The molecule has 0 spiro atoms. The van der Waals surface area contributed by atoms with Gasteiger partial charge in [0.2, 0.25) is 0 Å². The number of rotatable bonds is 4. The third-order valence-corrected chi connectivity index (χ3v) is 5.81. The first-order valence-corrected chi connectivity index (χ1v) is 9.87.